The first-order valence-electron chi connectivity index (χ1n) is 5.68. The van der Waals surface area contributed by atoms with Crippen molar-refractivity contribution in [2.45, 2.75) is 19.8 Å². The van der Waals surface area contributed by atoms with E-state index in [0.29, 0.717) is 5.92 Å². The molecule has 0 aromatic carbocycles. The van der Waals surface area contributed by atoms with Crippen molar-refractivity contribution in [3.05, 3.63) is 0 Å². The van der Waals surface area contributed by atoms with Crippen molar-refractivity contribution < 1.29 is 15.3 Å². The zero-order valence-electron chi connectivity index (χ0n) is 9.52. The molecule has 1 aliphatic rings. The molecule has 0 unspecified atom stereocenters. The van der Waals surface area contributed by atoms with Gasteiger partial charge >= 0.3 is 0 Å². The smallest absolute Gasteiger partial charge is 0.0519 e. The highest BCUT2D eigenvalue weighted by molar-refractivity contribution is 4.80. The van der Waals surface area contributed by atoms with Gasteiger partial charge in [0.05, 0.1) is 13.2 Å². The van der Waals surface area contributed by atoms with Gasteiger partial charge in [-0.15, -0.1) is 0 Å². The summed E-state index contributed by atoms with van der Waals surface area (Å²) < 4.78 is 0. The van der Waals surface area contributed by atoms with Crippen LogP contribution in [0, 0.1) is 11.3 Å². The van der Waals surface area contributed by atoms with Gasteiger partial charge in [0.25, 0.3) is 0 Å². The number of piperidine rings is 1. The van der Waals surface area contributed by atoms with Gasteiger partial charge in [0.15, 0.2) is 0 Å². The van der Waals surface area contributed by atoms with Crippen molar-refractivity contribution >= 4 is 0 Å². The maximum atomic E-state index is 9.19. The van der Waals surface area contributed by atoms with E-state index in [0.717, 1.165) is 32.5 Å². The van der Waals surface area contributed by atoms with Crippen molar-refractivity contribution in [2.75, 3.05) is 39.5 Å². The summed E-state index contributed by atoms with van der Waals surface area (Å²) in [7, 11) is 0. The molecule has 0 atom stereocenters. The lowest BCUT2D eigenvalue weighted by molar-refractivity contribution is 0.0211. The monoisotopic (exact) mass is 217 g/mol. The van der Waals surface area contributed by atoms with E-state index in [2.05, 4.69) is 4.90 Å². The van der Waals surface area contributed by atoms with Gasteiger partial charge < -0.3 is 20.2 Å². The zero-order chi connectivity index (χ0) is 11.3. The first-order chi connectivity index (χ1) is 7.13. The topological polar surface area (TPSA) is 63.9 Å². The van der Waals surface area contributed by atoms with Gasteiger partial charge in [-0.25, -0.2) is 0 Å². The summed E-state index contributed by atoms with van der Waals surface area (Å²) in [6.45, 7) is 4.86. The molecule has 0 saturated carbocycles. The summed E-state index contributed by atoms with van der Waals surface area (Å²) in [6, 6.07) is 0. The normalized spacial score (nSPS) is 20.8. The predicted octanol–water partition coefficient (Wildman–Crippen LogP) is -0.318. The molecule has 1 fully saturated rings. The molecule has 0 aromatic rings. The number of aliphatic hydroxyl groups is 3. The number of likely N-dealkylation sites (tertiary alicyclic amines) is 1. The summed E-state index contributed by atoms with van der Waals surface area (Å²) in [4.78, 5) is 2.26. The standard InChI is InChI=1S/C11H23NO3/c1-11(8-14,9-15)7-12-4-2-10(6-13)3-5-12/h10,13-15H,2-9H2,1H3. The second-order valence-electron chi connectivity index (χ2n) is 5.03. The highest BCUT2D eigenvalue weighted by Gasteiger charge is 2.28. The Labute approximate surface area is 91.5 Å². The summed E-state index contributed by atoms with van der Waals surface area (Å²) in [5.74, 6) is 0.441. The van der Waals surface area contributed by atoms with E-state index in [9.17, 15) is 10.2 Å². The minimum atomic E-state index is -0.397. The Kier molecular flexibility index (Phi) is 4.99. The van der Waals surface area contributed by atoms with Gasteiger partial charge in [-0.05, 0) is 31.8 Å². The van der Waals surface area contributed by atoms with E-state index >= 15 is 0 Å². The van der Waals surface area contributed by atoms with E-state index in [1.807, 2.05) is 6.92 Å². The third-order valence-corrected chi connectivity index (χ3v) is 3.33. The van der Waals surface area contributed by atoms with E-state index in [4.69, 9.17) is 5.11 Å². The average Bonchev–Trinajstić information content (AvgIpc) is 2.30. The van der Waals surface area contributed by atoms with Gasteiger partial charge in [0.1, 0.15) is 0 Å². The largest absolute Gasteiger partial charge is 0.396 e. The van der Waals surface area contributed by atoms with Crippen LogP contribution in [0.1, 0.15) is 19.8 Å². The number of hydrogen-bond donors (Lipinski definition) is 3. The highest BCUT2D eigenvalue weighted by atomic mass is 16.3. The van der Waals surface area contributed by atoms with Crippen LogP contribution in [0.15, 0.2) is 0 Å². The zero-order valence-corrected chi connectivity index (χ0v) is 9.52. The van der Waals surface area contributed by atoms with Crippen molar-refractivity contribution in [1.82, 2.24) is 4.90 Å². The lowest BCUT2D eigenvalue weighted by Crippen LogP contribution is -2.44. The minimum absolute atomic E-state index is 0.0173. The Morgan fingerprint density at radius 3 is 2.07 bits per heavy atom. The molecular formula is C11H23NO3. The van der Waals surface area contributed by atoms with E-state index < -0.39 is 5.41 Å². The van der Waals surface area contributed by atoms with Crippen LogP contribution in [-0.4, -0.2) is 59.7 Å². The Hall–Kier alpha value is -0.160. The Morgan fingerprint density at radius 1 is 1.13 bits per heavy atom. The quantitative estimate of drug-likeness (QED) is 0.590. The van der Waals surface area contributed by atoms with Crippen molar-refractivity contribution in [1.29, 1.82) is 0 Å². The molecule has 0 amide bonds. The van der Waals surface area contributed by atoms with Crippen molar-refractivity contribution in [3.63, 3.8) is 0 Å². The van der Waals surface area contributed by atoms with Crippen LogP contribution in [0.2, 0.25) is 0 Å². The van der Waals surface area contributed by atoms with Gasteiger partial charge in [-0.2, -0.15) is 0 Å². The number of hydrogen-bond acceptors (Lipinski definition) is 4. The third-order valence-electron chi connectivity index (χ3n) is 3.33. The molecule has 0 spiro atoms. The minimum Gasteiger partial charge on any atom is -0.396 e. The number of nitrogens with zero attached hydrogens (tertiary/aromatic N) is 1. The van der Waals surface area contributed by atoms with E-state index in [1.54, 1.807) is 0 Å². The second kappa shape index (κ2) is 5.80. The highest BCUT2D eigenvalue weighted by Crippen LogP contribution is 2.22. The molecule has 4 heteroatoms. The molecule has 0 aromatic heterocycles. The van der Waals surface area contributed by atoms with Crippen LogP contribution in [0.4, 0.5) is 0 Å². The molecule has 15 heavy (non-hydrogen) atoms. The van der Waals surface area contributed by atoms with Crippen molar-refractivity contribution in [3.8, 4) is 0 Å². The molecular weight excluding hydrogens is 194 g/mol. The number of rotatable bonds is 5. The van der Waals surface area contributed by atoms with Crippen molar-refractivity contribution in [2.24, 2.45) is 11.3 Å². The van der Waals surface area contributed by atoms with Crippen LogP contribution >= 0.6 is 0 Å². The van der Waals surface area contributed by atoms with Crippen LogP contribution in [0.5, 0.6) is 0 Å². The fraction of sp³-hybridized carbons (Fsp3) is 1.00. The molecule has 3 N–H and O–H groups in total. The fourth-order valence-electron chi connectivity index (χ4n) is 2.02. The van der Waals surface area contributed by atoms with Crippen LogP contribution in [0.25, 0.3) is 0 Å². The van der Waals surface area contributed by atoms with Gasteiger partial charge in [0, 0.05) is 18.6 Å². The Bertz CT molecular complexity index is 175. The molecule has 0 radical (unpaired) electrons. The van der Waals surface area contributed by atoms with E-state index in [1.165, 1.54) is 0 Å². The lowest BCUT2D eigenvalue weighted by atomic mass is 9.90. The summed E-state index contributed by atoms with van der Waals surface area (Å²) in [5.41, 5.74) is -0.397. The molecule has 1 heterocycles. The van der Waals surface area contributed by atoms with Crippen LogP contribution in [0.3, 0.4) is 0 Å². The predicted molar refractivity (Wildman–Crippen MR) is 58.5 cm³/mol. The second-order valence-corrected chi connectivity index (χ2v) is 5.03. The molecule has 1 rings (SSSR count). The lowest BCUT2D eigenvalue weighted by Gasteiger charge is -2.37. The van der Waals surface area contributed by atoms with Crippen LogP contribution < -0.4 is 0 Å². The third kappa shape index (κ3) is 3.72. The maximum absolute atomic E-state index is 9.19. The summed E-state index contributed by atoms with van der Waals surface area (Å²) in [5, 5.41) is 27.4. The SMILES string of the molecule is CC(CO)(CO)CN1CCC(CO)CC1. The average molecular weight is 217 g/mol. The summed E-state index contributed by atoms with van der Waals surface area (Å²) in [6.07, 6.45) is 2.03. The van der Waals surface area contributed by atoms with Gasteiger partial charge in [0.2, 0.25) is 0 Å². The Morgan fingerprint density at radius 2 is 1.67 bits per heavy atom. The van der Waals surface area contributed by atoms with E-state index in [-0.39, 0.29) is 19.8 Å². The molecule has 90 valence electrons. The first-order valence-corrected chi connectivity index (χ1v) is 5.68. The number of aliphatic hydroxyl groups excluding tert-OH is 3. The van der Waals surface area contributed by atoms with Crippen LogP contribution in [-0.2, 0) is 0 Å². The molecule has 1 aliphatic heterocycles. The molecule has 4 nitrogen and oxygen atoms in total. The molecule has 0 aliphatic carbocycles. The maximum Gasteiger partial charge on any atom is 0.0519 e. The van der Waals surface area contributed by atoms with Gasteiger partial charge in [-0.3, -0.25) is 0 Å². The fourth-order valence-corrected chi connectivity index (χ4v) is 2.02. The first kappa shape index (κ1) is 12.9. The van der Waals surface area contributed by atoms with Gasteiger partial charge in [-0.1, -0.05) is 6.92 Å². The summed E-state index contributed by atoms with van der Waals surface area (Å²) >= 11 is 0. The Balaban J connectivity index is 2.34. The molecule has 0 bridgehead atoms. The molecule has 1 saturated heterocycles.